The molecular formula is C46H48ClN9O6S. The molecule has 0 aliphatic carbocycles. The summed E-state index contributed by atoms with van der Waals surface area (Å²) in [6.07, 6.45) is 4.00. The van der Waals surface area contributed by atoms with Crippen molar-refractivity contribution in [3.63, 3.8) is 0 Å². The number of benzene rings is 2. The van der Waals surface area contributed by atoms with Crippen molar-refractivity contribution in [2.45, 2.75) is 46.6 Å². The molecule has 63 heavy (non-hydrogen) atoms. The van der Waals surface area contributed by atoms with Crippen LogP contribution in [0.15, 0.2) is 78.0 Å². The monoisotopic (exact) mass is 889 g/mol. The zero-order chi connectivity index (χ0) is 43.9. The minimum absolute atomic E-state index is 0.0353. The van der Waals surface area contributed by atoms with Gasteiger partial charge in [-0.2, -0.15) is 0 Å². The van der Waals surface area contributed by atoms with Crippen molar-refractivity contribution in [1.82, 2.24) is 24.7 Å². The van der Waals surface area contributed by atoms with Crippen LogP contribution in [0.25, 0.3) is 16.1 Å². The van der Waals surface area contributed by atoms with E-state index in [1.807, 2.05) is 73.1 Å². The van der Waals surface area contributed by atoms with Crippen LogP contribution in [0.3, 0.4) is 0 Å². The van der Waals surface area contributed by atoms with E-state index in [0.717, 1.165) is 61.3 Å². The summed E-state index contributed by atoms with van der Waals surface area (Å²) < 4.78 is 24.9. The fraction of sp³-hybridized carbons (Fsp3) is 0.326. The Balaban J connectivity index is 0.708. The molecule has 0 bridgehead atoms. The summed E-state index contributed by atoms with van der Waals surface area (Å²) in [4.78, 5) is 40.5. The van der Waals surface area contributed by atoms with Crippen LogP contribution in [-0.4, -0.2) is 95.1 Å². The molecule has 8 rings (SSSR count). The molecule has 2 aliphatic rings. The molecular weight excluding hydrogens is 842 g/mol. The normalized spacial score (nSPS) is 14.0. The summed E-state index contributed by atoms with van der Waals surface area (Å²) in [5.74, 6) is 3.18. The lowest BCUT2D eigenvalue weighted by atomic mass is 9.99. The number of hydrogen-bond donors (Lipinski definition) is 3. The van der Waals surface area contributed by atoms with E-state index in [1.54, 1.807) is 29.7 Å². The lowest BCUT2D eigenvalue weighted by molar-refractivity contribution is -0.117. The first-order valence-corrected chi connectivity index (χ1v) is 21.9. The van der Waals surface area contributed by atoms with Crippen LogP contribution >= 0.6 is 22.9 Å². The summed E-state index contributed by atoms with van der Waals surface area (Å²) in [5, 5.41) is 19.6. The Morgan fingerprint density at radius 1 is 0.873 bits per heavy atom. The van der Waals surface area contributed by atoms with E-state index in [-0.39, 0.29) is 18.2 Å². The Morgan fingerprint density at radius 2 is 1.60 bits per heavy atom. The summed E-state index contributed by atoms with van der Waals surface area (Å²) in [6, 6.07) is 18.3. The van der Waals surface area contributed by atoms with Crippen LogP contribution < -0.4 is 20.7 Å². The fourth-order valence-corrected chi connectivity index (χ4v) is 8.72. The number of nitrogens with one attached hydrogen (secondary N) is 3. The quantitative estimate of drug-likeness (QED) is 0.0682. The SMILES string of the molecule is Cc1cc(NCCOCCOCCOCCOc2ccc(NC(=O)C[C@@H]3N=C(c4ccc(Cl)cc4)c4c(sc(C)c4C)-n4c(C)nnc43)cc2)ncc1-c1cnc2c(c1)CC(=O)N2. The van der Waals surface area contributed by atoms with Gasteiger partial charge in [0.2, 0.25) is 11.8 Å². The fourth-order valence-electron chi connectivity index (χ4n) is 7.38. The largest absolute Gasteiger partial charge is 0.491 e. The lowest BCUT2D eigenvalue weighted by Crippen LogP contribution is -2.17. The number of aromatic nitrogens is 5. The molecule has 0 fully saturated rings. The topological polar surface area (TPSA) is 176 Å². The van der Waals surface area contributed by atoms with Crippen molar-refractivity contribution >= 4 is 57.8 Å². The highest BCUT2D eigenvalue weighted by molar-refractivity contribution is 7.15. The Hall–Kier alpha value is -6.04. The minimum Gasteiger partial charge on any atom is -0.491 e. The van der Waals surface area contributed by atoms with E-state index in [1.165, 1.54) is 4.88 Å². The van der Waals surface area contributed by atoms with Crippen LogP contribution in [0.5, 0.6) is 5.75 Å². The predicted octanol–water partition coefficient (Wildman–Crippen LogP) is 7.63. The zero-order valence-electron chi connectivity index (χ0n) is 35.5. The van der Waals surface area contributed by atoms with Crippen LogP contribution in [0.2, 0.25) is 5.02 Å². The maximum Gasteiger partial charge on any atom is 0.230 e. The Morgan fingerprint density at radius 3 is 2.35 bits per heavy atom. The summed E-state index contributed by atoms with van der Waals surface area (Å²) in [7, 11) is 0. The molecule has 15 nitrogen and oxygen atoms in total. The van der Waals surface area contributed by atoms with E-state index in [2.05, 4.69) is 50.0 Å². The van der Waals surface area contributed by atoms with Gasteiger partial charge in [0.05, 0.1) is 58.2 Å². The first-order valence-electron chi connectivity index (χ1n) is 20.7. The average Bonchev–Trinajstić information content (AvgIpc) is 3.91. The maximum atomic E-state index is 13.5. The first kappa shape index (κ1) is 43.6. The van der Waals surface area contributed by atoms with Crippen LogP contribution in [0, 0.1) is 27.7 Å². The van der Waals surface area contributed by atoms with Gasteiger partial charge in [-0.3, -0.25) is 19.1 Å². The number of rotatable bonds is 19. The average molecular weight is 890 g/mol. The molecule has 0 saturated carbocycles. The molecule has 0 spiro atoms. The van der Waals surface area contributed by atoms with Gasteiger partial charge in [-0.15, -0.1) is 21.5 Å². The minimum atomic E-state index is -0.570. The van der Waals surface area contributed by atoms with Gasteiger partial charge in [-0.1, -0.05) is 23.7 Å². The third-order valence-corrected chi connectivity index (χ3v) is 12.1. The lowest BCUT2D eigenvalue weighted by Gasteiger charge is -2.13. The summed E-state index contributed by atoms with van der Waals surface area (Å²) in [6.45, 7) is 11.8. The highest BCUT2D eigenvalue weighted by Gasteiger charge is 2.32. The standard InChI is InChI=1S/C46H48ClN9O6S/c1-27-21-39(49-26-37(27)33-22-32-23-40(57)53-44(32)50-25-33)48-13-14-59-15-16-60-17-18-61-19-20-62-36-11-9-35(10-12-36)51-41(58)24-38-45-55-54-30(4)56(45)46-42(28(2)29(3)63-46)43(52-38)31-5-7-34(47)8-6-31/h5-12,21-22,25-26,38H,13-20,23-24H2,1-4H3,(H,48,49)(H,51,58)(H,50,53,57)/t38-/m0/s1. The molecule has 6 heterocycles. The zero-order valence-corrected chi connectivity index (χ0v) is 37.1. The Bertz CT molecular complexity index is 2630. The molecule has 0 unspecified atom stereocenters. The third kappa shape index (κ3) is 10.4. The molecule has 2 aromatic carbocycles. The number of carbonyl (C=O) groups is 2. The van der Waals surface area contributed by atoms with E-state index in [4.69, 9.17) is 35.5 Å². The number of nitrogens with zero attached hydrogens (tertiary/aromatic N) is 6. The molecule has 4 aromatic heterocycles. The highest BCUT2D eigenvalue weighted by atomic mass is 35.5. The number of ether oxygens (including phenoxy) is 4. The number of amides is 2. The van der Waals surface area contributed by atoms with Gasteiger partial charge >= 0.3 is 0 Å². The molecule has 326 valence electrons. The highest BCUT2D eigenvalue weighted by Crippen LogP contribution is 2.40. The third-order valence-electron chi connectivity index (χ3n) is 10.7. The number of thiophene rings is 1. The second-order valence-corrected chi connectivity index (χ2v) is 16.8. The maximum absolute atomic E-state index is 13.5. The van der Waals surface area contributed by atoms with Crippen LogP contribution in [0.1, 0.15) is 56.8 Å². The van der Waals surface area contributed by atoms with Crippen molar-refractivity contribution in [2.24, 2.45) is 4.99 Å². The molecule has 2 aliphatic heterocycles. The number of hydrogen-bond acceptors (Lipinski definition) is 13. The molecule has 3 N–H and O–H groups in total. The van der Waals surface area contributed by atoms with Gasteiger partial charge in [0.15, 0.2) is 5.82 Å². The van der Waals surface area contributed by atoms with Gasteiger partial charge in [0.1, 0.15) is 40.9 Å². The molecule has 6 aromatic rings. The van der Waals surface area contributed by atoms with Crippen molar-refractivity contribution in [3.8, 4) is 21.9 Å². The number of aryl methyl sites for hydroxylation is 3. The van der Waals surface area contributed by atoms with Crippen molar-refractivity contribution < 1.29 is 28.5 Å². The van der Waals surface area contributed by atoms with E-state index in [9.17, 15) is 9.59 Å². The number of pyridine rings is 2. The van der Waals surface area contributed by atoms with E-state index < -0.39 is 6.04 Å². The van der Waals surface area contributed by atoms with Crippen molar-refractivity contribution in [1.29, 1.82) is 0 Å². The predicted molar refractivity (Wildman–Crippen MR) is 244 cm³/mol. The molecule has 17 heteroatoms. The van der Waals surface area contributed by atoms with Crippen molar-refractivity contribution in [3.05, 3.63) is 122 Å². The molecule has 1 atom stereocenters. The number of carbonyl (C=O) groups excluding carboxylic acids is 2. The first-order chi connectivity index (χ1) is 30.6. The second-order valence-electron chi connectivity index (χ2n) is 15.1. The van der Waals surface area contributed by atoms with E-state index in [0.29, 0.717) is 87.3 Å². The molecule has 0 radical (unpaired) electrons. The van der Waals surface area contributed by atoms with E-state index >= 15 is 0 Å². The van der Waals surface area contributed by atoms with Crippen LogP contribution in [-0.2, 0) is 30.2 Å². The smallest absolute Gasteiger partial charge is 0.230 e. The number of fused-ring (bicyclic) bond motifs is 4. The second kappa shape index (κ2) is 20.0. The van der Waals surface area contributed by atoms with Gasteiger partial charge < -0.3 is 34.9 Å². The number of halogens is 1. The van der Waals surface area contributed by atoms with Gasteiger partial charge in [0.25, 0.3) is 0 Å². The van der Waals surface area contributed by atoms with Gasteiger partial charge in [0, 0.05) is 62.3 Å². The Labute approximate surface area is 374 Å². The summed E-state index contributed by atoms with van der Waals surface area (Å²) >= 11 is 7.91. The number of anilines is 3. The van der Waals surface area contributed by atoms with Crippen LogP contribution in [0.4, 0.5) is 17.3 Å². The molecule has 0 saturated heterocycles. The van der Waals surface area contributed by atoms with Gasteiger partial charge in [-0.25, -0.2) is 9.97 Å². The number of aliphatic imine (C=N–C) groups is 1. The molecule has 2 amide bonds. The van der Waals surface area contributed by atoms with Gasteiger partial charge in [-0.05, 0) is 87.4 Å². The summed E-state index contributed by atoms with van der Waals surface area (Å²) in [5.41, 5.74) is 8.37. The van der Waals surface area contributed by atoms with Crippen molar-refractivity contribution in [2.75, 3.05) is 68.7 Å². The Kier molecular flexibility index (Phi) is 13.8.